The number of amides is 1. The van der Waals surface area contributed by atoms with Crippen molar-refractivity contribution in [3.63, 3.8) is 0 Å². The summed E-state index contributed by atoms with van der Waals surface area (Å²) in [7, 11) is 0. The van der Waals surface area contributed by atoms with E-state index in [2.05, 4.69) is 16.5 Å². The monoisotopic (exact) mass is 527 g/mol. The Morgan fingerprint density at radius 1 is 1.30 bits per heavy atom. The van der Waals surface area contributed by atoms with Crippen LogP contribution in [-0.2, 0) is 24.1 Å². The summed E-state index contributed by atoms with van der Waals surface area (Å²) in [6.45, 7) is 7.25. The van der Waals surface area contributed by atoms with Gasteiger partial charge in [0.1, 0.15) is 10.9 Å². The summed E-state index contributed by atoms with van der Waals surface area (Å²) in [5.74, 6) is -0.573. The van der Waals surface area contributed by atoms with Gasteiger partial charge < -0.3 is 10.2 Å². The van der Waals surface area contributed by atoms with Crippen LogP contribution in [0.3, 0.4) is 0 Å². The third-order valence-corrected chi connectivity index (χ3v) is 7.30. The van der Waals surface area contributed by atoms with E-state index in [9.17, 15) is 23.2 Å². The molecule has 0 fully saturated rings. The molecule has 1 N–H and O–H groups in total. The highest BCUT2D eigenvalue weighted by Gasteiger charge is 2.39. The Bertz CT molecular complexity index is 1350. The van der Waals surface area contributed by atoms with Crippen LogP contribution < -0.4 is 5.32 Å². The number of halogens is 3. The van der Waals surface area contributed by atoms with Crippen molar-refractivity contribution in [2.45, 2.75) is 52.0 Å². The van der Waals surface area contributed by atoms with Gasteiger partial charge in [0.2, 0.25) is 5.91 Å². The molecule has 0 aliphatic carbocycles. The summed E-state index contributed by atoms with van der Waals surface area (Å²) in [5.41, 5.74) is 1.02. The van der Waals surface area contributed by atoms with E-state index in [1.807, 2.05) is 13.8 Å². The number of nitrogens with one attached hydrogen (secondary N) is 1. The molecule has 0 radical (unpaired) electrons. The van der Waals surface area contributed by atoms with Gasteiger partial charge in [-0.2, -0.15) is 23.5 Å². The number of carbonyl (C=O) groups excluding carboxylic acids is 1. The zero-order valence-electron chi connectivity index (χ0n) is 20.8. The molecule has 0 saturated carbocycles. The molecule has 4 rings (SSSR count). The molecule has 1 aliphatic rings. The first kappa shape index (κ1) is 26.6. The molecule has 0 saturated heterocycles. The Hall–Kier alpha value is -3.42. The van der Waals surface area contributed by atoms with Crippen molar-refractivity contribution < 1.29 is 18.0 Å². The van der Waals surface area contributed by atoms with Crippen LogP contribution in [0.1, 0.15) is 53.3 Å². The number of aryl methyl sites for hydroxylation is 1. The molecule has 3 heterocycles. The van der Waals surface area contributed by atoms with Gasteiger partial charge in [-0.1, -0.05) is 44.2 Å². The number of aromatic nitrogens is 2. The maximum absolute atomic E-state index is 13.9. The van der Waals surface area contributed by atoms with Crippen LogP contribution in [0, 0.1) is 11.3 Å². The second-order valence-electron chi connectivity index (χ2n) is 9.17. The molecule has 0 spiro atoms. The van der Waals surface area contributed by atoms with Gasteiger partial charge in [0.05, 0.1) is 6.54 Å². The van der Waals surface area contributed by atoms with Crippen molar-refractivity contribution in [2.75, 3.05) is 13.1 Å². The van der Waals surface area contributed by atoms with Crippen molar-refractivity contribution in [3.05, 3.63) is 75.3 Å². The number of nitriles is 1. The summed E-state index contributed by atoms with van der Waals surface area (Å²) in [4.78, 5) is 16.1. The lowest BCUT2D eigenvalue weighted by molar-refractivity contribution is -0.141. The highest BCUT2D eigenvalue weighted by molar-refractivity contribution is 7.12. The number of fused-ring (bicyclic) bond motifs is 1. The first-order valence-electron chi connectivity index (χ1n) is 12.1. The van der Waals surface area contributed by atoms with Gasteiger partial charge in [0.15, 0.2) is 5.69 Å². The summed E-state index contributed by atoms with van der Waals surface area (Å²) < 4.78 is 43.1. The van der Waals surface area contributed by atoms with Crippen molar-refractivity contribution >= 4 is 17.2 Å². The average Bonchev–Trinajstić information content (AvgIpc) is 3.50. The van der Waals surface area contributed by atoms with Gasteiger partial charge in [-0.05, 0) is 29.7 Å². The summed E-state index contributed by atoms with van der Waals surface area (Å²) >= 11 is 1.32. The number of rotatable bonds is 7. The van der Waals surface area contributed by atoms with E-state index in [-0.39, 0.29) is 24.1 Å². The fourth-order valence-corrected chi connectivity index (χ4v) is 5.55. The quantitative estimate of drug-likeness (QED) is 0.409. The molecular formula is C27H28F3N5OS. The molecule has 1 aromatic carbocycles. The highest BCUT2D eigenvalue weighted by Crippen LogP contribution is 2.44. The van der Waals surface area contributed by atoms with Gasteiger partial charge in [0, 0.05) is 54.3 Å². The van der Waals surface area contributed by atoms with E-state index in [4.69, 9.17) is 0 Å². The average molecular weight is 528 g/mol. The Balaban J connectivity index is 1.77. The van der Waals surface area contributed by atoms with Crippen molar-refractivity contribution in [3.8, 4) is 17.2 Å². The number of hydrogen-bond donors (Lipinski definition) is 1. The lowest BCUT2D eigenvalue weighted by Crippen LogP contribution is -2.37. The largest absolute Gasteiger partial charge is 0.435 e. The second kappa shape index (κ2) is 10.9. The first-order valence-corrected chi connectivity index (χ1v) is 12.9. The topological polar surface area (TPSA) is 74.0 Å². The van der Waals surface area contributed by atoms with E-state index in [0.29, 0.717) is 35.6 Å². The molecule has 1 amide bonds. The molecule has 1 atom stereocenters. The zero-order valence-corrected chi connectivity index (χ0v) is 21.7. The van der Waals surface area contributed by atoms with Gasteiger partial charge in [0.25, 0.3) is 0 Å². The standard InChI is InChI=1S/C27H28F3N5OS/c1-4-35-15-23(26(33-35)27(28,29)30)20-9-6-5-8-19(20)22-14-34(25(36)10-7-11-32-17(2)3)16-24-21(22)12-18(13-31)37-24/h5-10,12,15,17,22,32H,4,11,14,16H2,1-3H3/b10-7+/t22-/m0/s1. The van der Waals surface area contributed by atoms with Crippen LogP contribution in [0.5, 0.6) is 0 Å². The smallest absolute Gasteiger partial charge is 0.333 e. The predicted octanol–water partition coefficient (Wildman–Crippen LogP) is 5.55. The predicted molar refractivity (Wildman–Crippen MR) is 137 cm³/mol. The number of carbonyl (C=O) groups is 1. The molecule has 194 valence electrons. The van der Waals surface area contributed by atoms with E-state index in [1.165, 1.54) is 28.3 Å². The fraction of sp³-hybridized carbons (Fsp3) is 0.370. The third-order valence-electron chi connectivity index (χ3n) is 6.26. The van der Waals surface area contributed by atoms with Crippen molar-refractivity contribution in [1.29, 1.82) is 5.26 Å². The number of thiophene rings is 1. The minimum absolute atomic E-state index is 0.00495. The number of hydrogen-bond acceptors (Lipinski definition) is 5. The van der Waals surface area contributed by atoms with Crippen LogP contribution in [-0.4, -0.2) is 39.7 Å². The summed E-state index contributed by atoms with van der Waals surface area (Å²) in [6, 6.07) is 11.2. The van der Waals surface area contributed by atoms with Gasteiger partial charge in [-0.15, -0.1) is 11.3 Å². The Morgan fingerprint density at radius 3 is 2.73 bits per heavy atom. The zero-order chi connectivity index (χ0) is 26.7. The Kier molecular flexibility index (Phi) is 7.85. The summed E-state index contributed by atoms with van der Waals surface area (Å²) in [5, 5.41) is 16.5. The molecule has 6 nitrogen and oxygen atoms in total. The molecule has 10 heteroatoms. The van der Waals surface area contributed by atoms with Gasteiger partial charge >= 0.3 is 6.18 Å². The summed E-state index contributed by atoms with van der Waals surface area (Å²) in [6.07, 6.45) is 0.0980. The molecule has 0 bridgehead atoms. The lowest BCUT2D eigenvalue weighted by Gasteiger charge is -2.33. The van der Waals surface area contributed by atoms with Crippen LogP contribution in [0.25, 0.3) is 11.1 Å². The van der Waals surface area contributed by atoms with Crippen LogP contribution in [0.2, 0.25) is 0 Å². The highest BCUT2D eigenvalue weighted by atomic mass is 32.1. The molecular weight excluding hydrogens is 499 g/mol. The minimum atomic E-state index is -4.62. The normalized spacial score (nSPS) is 15.8. The number of benzene rings is 1. The van der Waals surface area contributed by atoms with Crippen molar-refractivity contribution in [1.82, 2.24) is 20.0 Å². The van der Waals surface area contributed by atoms with E-state index in [0.717, 1.165) is 10.4 Å². The molecule has 1 aliphatic heterocycles. The van der Waals surface area contributed by atoms with Gasteiger partial charge in [-0.3, -0.25) is 9.48 Å². The fourth-order valence-electron chi connectivity index (χ4n) is 4.51. The van der Waals surface area contributed by atoms with Gasteiger partial charge in [-0.25, -0.2) is 0 Å². The number of alkyl halides is 3. The molecule has 0 unspecified atom stereocenters. The second-order valence-corrected chi connectivity index (χ2v) is 10.3. The van der Waals surface area contributed by atoms with Crippen molar-refractivity contribution in [2.24, 2.45) is 0 Å². The van der Waals surface area contributed by atoms with Crippen LogP contribution >= 0.6 is 11.3 Å². The molecule has 3 aromatic rings. The number of nitrogens with zero attached hydrogens (tertiary/aromatic N) is 4. The molecule has 37 heavy (non-hydrogen) atoms. The maximum atomic E-state index is 13.9. The Labute approximate surface area is 218 Å². The molecule has 2 aromatic heterocycles. The van der Waals surface area contributed by atoms with E-state index < -0.39 is 17.8 Å². The van der Waals surface area contributed by atoms with E-state index >= 15 is 0 Å². The lowest BCUT2D eigenvalue weighted by atomic mass is 9.83. The van der Waals surface area contributed by atoms with Crippen LogP contribution in [0.4, 0.5) is 13.2 Å². The van der Waals surface area contributed by atoms with E-state index in [1.54, 1.807) is 48.2 Å². The first-order chi connectivity index (χ1) is 17.6. The SMILES string of the molecule is CCn1cc(-c2ccccc2[C@@H]2CN(C(=O)/C=C/CNC(C)C)Cc3sc(C#N)cc32)c(C(F)(F)F)n1. The minimum Gasteiger partial charge on any atom is -0.333 e. The third kappa shape index (κ3) is 5.78. The van der Waals surface area contributed by atoms with Crippen LogP contribution in [0.15, 0.2) is 48.7 Å². The maximum Gasteiger partial charge on any atom is 0.435 e. The Morgan fingerprint density at radius 2 is 2.05 bits per heavy atom.